The smallest absolute Gasteiger partial charge is 0.248 e. The van der Waals surface area contributed by atoms with Gasteiger partial charge in [0, 0.05) is 10.7 Å². The minimum atomic E-state index is -3.76. The third-order valence-corrected chi connectivity index (χ3v) is 5.70. The van der Waals surface area contributed by atoms with E-state index < -0.39 is 22.0 Å². The molecule has 1 atom stereocenters. The molecule has 0 radical (unpaired) electrons. The van der Waals surface area contributed by atoms with Gasteiger partial charge >= 0.3 is 0 Å². The SMILES string of the molecule is COc1ccc(N([C@@H](C)C(=O)Nc2ccc(Cl)cc2C)S(C)(=O)=O)cc1Cl. The Labute approximate surface area is 169 Å². The van der Waals surface area contributed by atoms with Gasteiger partial charge in [-0.2, -0.15) is 0 Å². The highest BCUT2D eigenvalue weighted by Crippen LogP contribution is 2.31. The summed E-state index contributed by atoms with van der Waals surface area (Å²) in [5, 5.41) is 3.52. The van der Waals surface area contributed by atoms with Gasteiger partial charge in [0.1, 0.15) is 11.8 Å². The van der Waals surface area contributed by atoms with Crippen molar-refractivity contribution in [2.45, 2.75) is 19.9 Å². The number of nitrogens with one attached hydrogen (secondary N) is 1. The molecule has 0 unspecified atom stereocenters. The van der Waals surface area contributed by atoms with Crippen LogP contribution in [-0.2, 0) is 14.8 Å². The van der Waals surface area contributed by atoms with Crippen LogP contribution in [0.25, 0.3) is 0 Å². The minimum absolute atomic E-state index is 0.241. The highest BCUT2D eigenvalue weighted by molar-refractivity contribution is 7.92. The fourth-order valence-electron chi connectivity index (χ4n) is 2.61. The van der Waals surface area contributed by atoms with Crippen molar-refractivity contribution in [3.63, 3.8) is 0 Å². The van der Waals surface area contributed by atoms with Gasteiger partial charge in [0.2, 0.25) is 15.9 Å². The summed E-state index contributed by atoms with van der Waals surface area (Å²) in [6.45, 7) is 3.30. The Morgan fingerprint density at radius 1 is 1.19 bits per heavy atom. The number of anilines is 2. The van der Waals surface area contributed by atoms with Gasteiger partial charge in [0.15, 0.2) is 0 Å². The lowest BCUT2D eigenvalue weighted by molar-refractivity contribution is -0.116. The van der Waals surface area contributed by atoms with Crippen LogP contribution in [0.4, 0.5) is 11.4 Å². The quantitative estimate of drug-likeness (QED) is 0.747. The zero-order chi connectivity index (χ0) is 20.4. The van der Waals surface area contributed by atoms with Crippen LogP contribution >= 0.6 is 23.2 Å². The minimum Gasteiger partial charge on any atom is -0.495 e. The summed E-state index contributed by atoms with van der Waals surface area (Å²) in [6, 6.07) is 8.52. The zero-order valence-corrected chi connectivity index (χ0v) is 17.6. The molecular formula is C18H20Cl2N2O4S. The van der Waals surface area contributed by atoms with E-state index in [4.69, 9.17) is 27.9 Å². The van der Waals surface area contributed by atoms with Crippen LogP contribution in [0.5, 0.6) is 5.75 Å². The predicted molar refractivity (Wildman–Crippen MR) is 110 cm³/mol. The van der Waals surface area contributed by atoms with Gasteiger partial charge in [0.25, 0.3) is 0 Å². The molecule has 9 heteroatoms. The molecule has 2 rings (SSSR count). The van der Waals surface area contributed by atoms with E-state index in [0.717, 1.165) is 16.1 Å². The number of nitrogens with zero attached hydrogens (tertiary/aromatic N) is 1. The molecular weight excluding hydrogens is 411 g/mol. The van der Waals surface area contributed by atoms with Crippen molar-refractivity contribution in [2.75, 3.05) is 23.0 Å². The monoisotopic (exact) mass is 430 g/mol. The van der Waals surface area contributed by atoms with E-state index in [9.17, 15) is 13.2 Å². The van der Waals surface area contributed by atoms with E-state index in [1.807, 2.05) is 0 Å². The number of aryl methyl sites for hydroxylation is 1. The molecule has 0 heterocycles. The molecule has 146 valence electrons. The van der Waals surface area contributed by atoms with Gasteiger partial charge in [-0.25, -0.2) is 8.42 Å². The van der Waals surface area contributed by atoms with Crippen LogP contribution < -0.4 is 14.4 Å². The average Bonchev–Trinajstić information content (AvgIpc) is 2.56. The number of hydrogen-bond donors (Lipinski definition) is 1. The number of rotatable bonds is 6. The molecule has 1 N–H and O–H groups in total. The van der Waals surface area contributed by atoms with Gasteiger partial charge in [-0.3, -0.25) is 9.10 Å². The van der Waals surface area contributed by atoms with Crippen LogP contribution in [0, 0.1) is 6.92 Å². The van der Waals surface area contributed by atoms with Crippen LogP contribution in [-0.4, -0.2) is 33.7 Å². The van der Waals surface area contributed by atoms with E-state index in [-0.39, 0.29) is 10.7 Å². The highest BCUT2D eigenvalue weighted by atomic mass is 35.5. The highest BCUT2D eigenvalue weighted by Gasteiger charge is 2.30. The zero-order valence-electron chi connectivity index (χ0n) is 15.3. The summed E-state index contributed by atoms with van der Waals surface area (Å²) >= 11 is 12.0. The average molecular weight is 431 g/mol. The number of sulfonamides is 1. The van der Waals surface area contributed by atoms with Crippen LogP contribution in [0.2, 0.25) is 10.0 Å². The Bertz CT molecular complexity index is 964. The Kier molecular flexibility index (Phi) is 6.62. The van der Waals surface area contributed by atoms with Crippen molar-refractivity contribution >= 4 is 50.5 Å². The number of carbonyl (C=O) groups is 1. The maximum Gasteiger partial charge on any atom is 0.248 e. The second kappa shape index (κ2) is 8.37. The summed E-state index contributed by atoms with van der Waals surface area (Å²) in [6.07, 6.45) is 1.03. The molecule has 0 spiro atoms. The van der Waals surface area contributed by atoms with E-state index in [1.165, 1.54) is 26.2 Å². The van der Waals surface area contributed by atoms with Crippen LogP contribution in [0.1, 0.15) is 12.5 Å². The van der Waals surface area contributed by atoms with Crippen molar-refractivity contribution in [2.24, 2.45) is 0 Å². The summed E-state index contributed by atoms with van der Waals surface area (Å²) in [7, 11) is -2.30. The Morgan fingerprint density at radius 2 is 1.85 bits per heavy atom. The first-order valence-electron chi connectivity index (χ1n) is 7.94. The van der Waals surface area contributed by atoms with E-state index in [2.05, 4.69) is 5.32 Å². The standard InChI is InChI=1S/C18H20Cl2N2O4S/c1-11-9-13(19)5-7-16(11)21-18(23)12(2)22(27(4,24)25)14-6-8-17(26-3)15(20)10-14/h5-10,12H,1-4H3,(H,21,23)/t12-/m0/s1. The van der Waals surface area contributed by atoms with Gasteiger partial charge in [-0.05, 0) is 55.8 Å². The van der Waals surface area contributed by atoms with Crippen molar-refractivity contribution in [3.05, 3.63) is 52.0 Å². The third-order valence-electron chi connectivity index (χ3n) is 3.92. The summed E-state index contributed by atoms with van der Waals surface area (Å²) in [4.78, 5) is 12.7. The van der Waals surface area contributed by atoms with Crippen molar-refractivity contribution in [3.8, 4) is 5.75 Å². The molecule has 0 aliphatic heterocycles. The maximum absolute atomic E-state index is 12.7. The van der Waals surface area contributed by atoms with Crippen molar-refractivity contribution in [1.82, 2.24) is 0 Å². The number of hydrogen-bond acceptors (Lipinski definition) is 4. The first kappa shape index (κ1) is 21.3. The summed E-state index contributed by atoms with van der Waals surface area (Å²) < 4.78 is 30.8. The summed E-state index contributed by atoms with van der Waals surface area (Å²) in [5.74, 6) is -0.0828. The van der Waals surface area contributed by atoms with Gasteiger partial charge in [-0.1, -0.05) is 23.2 Å². The molecule has 0 fully saturated rings. The number of carbonyl (C=O) groups excluding carboxylic acids is 1. The van der Waals surface area contributed by atoms with Crippen LogP contribution in [0.15, 0.2) is 36.4 Å². The number of amides is 1. The Balaban J connectivity index is 2.36. The van der Waals surface area contributed by atoms with Gasteiger partial charge in [-0.15, -0.1) is 0 Å². The lowest BCUT2D eigenvalue weighted by atomic mass is 10.2. The lowest BCUT2D eigenvalue weighted by Crippen LogP contribution is -2.45. The predicted octanol–water partition coefficient (Wildman–Crippen LogP) is 4.10. The van der Waals surface area contributed by atoms with E-state index in [0.29, 0.717) is 16.5 Å². The second-order valence-electron chi connectivity index (χ2n) is 6.00. The Hall–Kier alpha value is -1.96. The number of halogens is 2. The maximum atomic E-state index is 12.7. The first-order chi connectivity index (χ1) is 12.5. The molecule has 0 saturated heterocycles. The number of ether oxygens (including phenoxy) is 1. The molecule has 0 aliphatic rings. The molecule has 0 aromatic heterocycles. The molecule has 0 saturated carbocycles. The van der Waals surface area contributed by atoms with Crippen molar-refractivity contribution < 1.29 is 17.9 Å². The number of methoxy groups -OCH3 is 1. The molecule has 2 aromatic carbocycles. The van der Waals surface area contributed by atoms with Crippen molar-refractivity contribution in [1.29, 1.82) is 0 Å². The topological polar surface area (TPSA) is 75.7 Å². The molecule has 0 bridgehead atoms. The molecule has 0 aliphatic carbocycles. The second-order valence-corrected chi connectivity index (χ2v) is 8.71. The summed E-state index contributed by atoms with van der Waals surface area (Å²) in [5.41, 5.74) is 1.58. The van der Waals surface area contributed by atoms with E-state index >= 15 is 0 Å². The van der Waals surface area contributed by atoms with Gasteiger partial charge in [0.05, 0.1) is 24.1 Å². The van der Waals surface area contributed by atoms with Crippen LogP contribution in [0.3, 0.4) is 0 Å². The fourth-order valence-corrected chi connectivity index (χ4v) is 4.25. The largest absolute Gasteiger partial charge is 0.495 e. The molecule has 27 heavy (non-hydrogen) atoms. The van der Waals surface area contributed by atoms with Gasteiger partial charge < -0.3 is 10.1 Å². The molecule has 2 aromatic rings. The van der Waals surface area contributed by atoms with E-state index in [1.54, 1.807) is 31.2 Å². The molecule has 1 amide bonds. The third kappa shape index (κ3) is 5.06. The Morgan fingerprint density at radius 3 is 2.37 bits per heavy atom. The lowest BCUT2D eigenvalue weighted by Gasteiger charge is -2.28. The normalized spacial score (nSPS) is 12.4. The first-order valence-corrected chi connectivity index (χ1v) is 10.5. The molecule has 6 nitrogen and oxygen atoms in total. The fraction of sp³-hybridized carbons (Fsp3) is 0.278. The number of benzene rings is 2.